The van der Waals surface area contributed by atoms with Crippen molar-refractivity contribution in [3.05, 3.63) is 35.4 Å². The van der Waals surface area contributed by atoms with E-state index >= 15 is 0 Å². The zero-order chi connectivity index (χ0) is 13.7. The molecule has 0 bridgehead atoms. The second-order valence-electron chi connectivity index (χ2n) is 4.32. The van der Waals surface area contributed by atoms with Crippen LogP contribution >= 0.6 is 0 Å². The summed E-state index contributed by atoms with van der Waals surface area (Å²) in [5, 5.41) is 8.53. The predicted molar refractivity (Wildman–Crippen MR) is 64.3 cm³/mol. The second kappa shape index (κ2) is 6.44. The van der Waals surface area contributed by atoms with Crippen LogP contribution in [-0.4, -0.2) is 29.6 Å². The van der Waals surface area contributed by atoms with E-state index in [0.717, 1.165) is 12.1 Å². The third kappa shape index (κ3) is 4.07. The molecule has 0 aliphatic heterocycles. The number of halogens is 2. The summed E-state index contributed by atoms with van der Waals surface area (Å²) in [5.41, 5.74) is 0.285. The molecular weight excluding hydrogens is 240 g/mol. The number of benzene rings is 1. The lowest BCUT2D eigenvalue weighted by atomic mass is 10.1. The first kappa shape index (κ1) is 14.6. The molecule has 0 radical (unpaired) electrons. The summed E-state index contributed by atoms with van der Waals surface area (Å²) in [6, 6.07) is 3.06. The number of carboxylic acids is 1. The summed E-state index contributed by atoms with van der Waals surface area (Å²) in [6.45, 7) is 2.28. The van der Waals surface area contributed by atoms with Crippen LogP contribution in [0.4, 0.5) is 8.78 Å². The monoisotopic (exact) mass is 257 g/mol. The number of carboxylic acid groups (broad SMARTS) is 1. The summed E-state index contributed by atoms with van der Waals surface area (Å²) >= 11 is 0. The fraction of sp³-hybridized carbons (Fsp3) is 0.462. The minimum Gasteiger partial charge on any atom is -0.481 e. The molecule has 1 N–H and O–H groups in total. The molecule has 3 nitrogen and oxygen atoms in total. The van der Waals surface area contributed by atoms with Gasteiger partial charge in [-0.1, -0.05) is 0 Å². The van der Waals surface area contributed by atoms with E-state index in [2.05, 4.69) is 0 Å². The summed E-state index contributed by atoms with van der Waals surface area (Å²) in [4.78, 5) is 12.2. The molecule has 0 fully saturated rings. The third-order valence-electron chi connectivity index (χ3n) is 2.97. The maximum absolute atomic E-state index is 13.5. The van der Waals surface area contributed by atoms with E-state index < -0.39 is 17.6 Å². The van der Waals surface area contributed by atoms with E-state index in [4.69, 9.17) is 5.11 Å². The first-order chi connectivity index (χ1) is 8.41. The van der Waals surface area contributed by atoms with Crippen molar-refractivity contribution in [3.63, 3.8) is 0 Å². The Bertz CT molecular complexity index is 423. The Kier molecular flexibility index (Phi) is 5.22. The molecule has 1 atom stereocenters. The van der Waals surface area contributed by atoms with Gasteiger partial charge in [0.2, 0.25) is 0 Å². The standard InChI is InChI=1S/C13H17F2NO2/c1-9(16(2)7-3-4-13(17)18)11-8-10(14)5-6-12(11)15/h5-6,8-9H,3-4,7H2,1-2H3,(H,17,18)/t9-/m1/s1. The lowest BCUT2D eigenvalue weighted by molar-refractivity contribution is -0.137. The van der Waals surface area contributed by atoms with Crippen LogP contribution in [-0.2, 0) is 4.79 Å². The maximum atomic E-state index is 13.5. The molecule has 0 spiro atoms. The molecule has 0 aromatic heterocycles. The van der Waals surface area contributed by atoms with E-state index in [9.17, 15) is 13.6 Å². The van der Waals surface area contributed by atoms with Gasteiger partial charge in [0, 0.05) is 18.0 Å². The van der Waals surface area contributed by atoms with Crippen molar-refractivity contribution >= 4 is 5.97 Å². The Balaban J connectivity index is 2.64. The highest BCUT2D eigenvalue weighted by atomic mass is 19.1. The average molecular weight is 257 g/mol. The van der Waals surface area contributed by atoms with Gasteiger partial charge in [0.25, 0.3) is 0 Å². The highest BCUT2D eigenvalue weighted by Gasteiger charge is 2.16. The predicted octanol–water partition coefficient (Wildman–Crippen LogP) is 2.82. The van der Waals surface area contributed by atoms with Crippen LogP contribution in [0, 0.1) is 11.6 Å². The third-order valence-corrected chi connectivity index (χ3v) is 2.97. The Morgan fingerprint density at radius 3 is 2.72 bits per heavy atom. The maximum Gasteiger partial charge on any atom is 0.303 e. The molecule has 5 heteroatoms. The molecule has 18 heavy (non-hydrogen) atoms. The van der Waals surface area contributed by atoms with Crippen molar-refractivity contribution in [2.45, 2.75) is 25.8 Å². The van der Waals surface area contributed by atoms with E-state index in [1.165, 1.54) is 6.07 Å². The molecule has 0 saturated heterocycles. The van der Waals surface area contributed by atoms with Gasteiger partial charge in [-0.05, 0) is 45.1 Å². The largest absolute Gasteiger partial charge is 0.481 e. The Morgan fingerprint density at radius 1 is 1.44 bits per heavy atom. The molecule has 1 aromatic rings. The molecule has 0 aliphatic rings. The number of rotatable bonds is 6. The molecular formula is C13H17F2NO2. The van der Waals surface area contributed by atoms with Gasteiger partial charge in [-0.2, -0.15) is 0 Å². The summed E-state index contributed by atoms with van der Waals surface area (Å²) in [6.07, 6.45) is 0.551. The quantitative estimate of drug-likeness (QED) is 0.852. The summed E-state index contributed by atoms with van der Waals surface area (Å²) < 4.78 is 26.6. The molecule has 100 valence electrons. The molecule has 1 aromatic carbocycles. The highest BCUT2D eigenvalue weighted by Crippen LogP contribution is 2.22. The van der Waals surface area contributed by atoms with Crippen LogP contribution < -0.4 is 0 Å². The Labute approximate surface area is 105 Å². The zero-order valence-electron chi connectivity index (χ0n) is 10.5. The van der Waals surface area contributed by atoms with Crippen LogP contribution in [0.1, 0.15) is 31.4 Å². The molecule has 0 unspecified atom stereocenters. The average Bonchev–Trinajstić information content (AvgIpc) is 2.30. The lowest BCUT2D eigenvalue weighted by Gasteiger charge is -2.25. The fourth-order valence-corrected chi connectivity index (χ4v) is 1.75. The molecule has 1 rings (SSSR count). The fourth-order valence-electron chi connectivity index (χ4n) is 1.75. The minimum absolute atomic E-state index is 0.0721. The van der Waals surface area contributed by atoms with E-state index in [0.29, 0.717) is 13.0 Å². The van der Waals surface area contributed by atoms with Crippen molar-refractivity contribution in [2.75, 3.05) is 13.6 Å². The highest BCUT2D eigenvalue weighted by molar-refractivity contribution is 5.66. The van der Waals surface area contributed by atoms with Gasteiger partial charge >= 0.3 is 5.97 Å². The summed E-state index contributed by atoms with van der Waals surface area (Å²) in [7, 11) is 1.76. The van der Waals surface area contributed by atoms with Gasteiger partial charge < -0.3 is 5.11 Å². The van der Waals surface area contributed by atoms with Crippen LogP contribution in [0.2, 0.25) is 0 Å². The van der Waals surface area contributed by atoms with Crippen molar-refractivity contribution in [1.29, 1.82) is 0 Å². The van der Waals surface area contributed by atoms with Crippen LogP contribution in [0.25, 0.3) is 0 Å². The smallest absolute Gasteiger partial charge is 0.303 e. The topological polar surface area (TPSA) is 40.5 Å². The van der Waals surface area contributed by atoms with Crippen LogP contribution in [0.15, 0.2) is 18.2 Å². The minimum atomic E-state index is -0.854. The molecule has 0 saturated carbocycles. The van der Waals surface area contributed by atoms with Crippen molar-refractivity contribution in [3.8, 4) is 0 Å². The molecule has 0 aliphatic carbocycles. The normalized spacial score (nSPS) is 12.7. The van der Waals surface area contributed by atoms with Crippen molar-refractivity contribution in [2.24, 2.45) is 0 Å². The second-order valence-corrected chi connectivity index (χ2v) is 4.32. The molecule has 0 heterocycles. The van der Waals surface area contributed by atoms with Crippen molar-refractivity contribution in [1.82, 2.24) is 4.90 Å². The van der Waals surface area contributed by atoms with E-state index in [-0.39, 0.29) is 18.0 Å². The number of aliphatic carboxylic acids is 1. The number of nitrogens with zero attached hydrogens (tertiary/aromatic N) is 1. The van der Waals surface area contributed by atoms with Crippen LogP contribution in [0.5, 0.6) is 0 Å². The van der Waals surface area contributed by atoms with Gasteiger partial charge in [-0.15, -0.1) is 0 Å². The number of hydrogen-bond donors (Lipinski definition) is 1. The Morgan fingerprint density at radius 2 is 2.11 bits per heavy atom. The van der Waals surface area contributed by atoms with E-state index in [1.807, 2.05) is 0 Å². The first-order valence-corrected chi connectivity index (χ1v) is 5.78. The number of hydrogen-bond acceptors (Lipinski definition) is 2. The lowest BCUT2D eigenvalue weighted by Crippen LogP contribution is -2.24. The van der Waals surface area contributed by atoms with Gasteiger partial charge in [-0.3, -0.25) is 9.69 Å². The van der Waals surface area contributed by atoms with Gasteiger partial charge in [0.1, 0.15) is 11.6 Å². The van der Waals surface area contributed by atoms with Gasteiger partial charge in [0.15, 0.2) is 0 Å². The van der Waals surface area contributed by atoms with Gasteiger partial charge in [0.05, 0.1) is 0 Å². The summed E-state index contributed by atoms with van der Waals surface area (Å²) in [5.74, 6) is -1.78. The van der Waals surface area contributed by atoms with Gasteiger partial charge in [-0.25, -0.2) is 8.78 Å². The Hall–Kier alpha value is -1.49. The van der Waals surface area contributed by atoms with E-state index in [1.54, 1.807) is 18.9 Å². The first-order valence-electron chi connectivity index (χ1n) is 5.78. The van der Waals surface area contributed by atoms with Crippen molar-refractivity contribution < 1.29 is 18.7 Å². The number of carbonyl (C=O) groups is 1. The SMILES string of the molecule is C[C@H](c1cc(F)ccc1F)N(C)CCCC(=O)O. The molecule has 0 amide bonds. The zero-order valence-corrected chi connectivity index (χ0v) is 10.5. The van der Waals surface area contributed by atoms with Crippen LogP contribution in [0.3, 0.4) is 0 Å².